The minimum Gasteiger partial charge on any atom is -0.493 e. The molecule has 1 aromatic rings. The summed E-state index contributed by atoms with van der Waals surface area (Å²) in [6.07, 6.45) is -3.74. The summed E-state index contributed by atoms with van der Waals surface area (Å²) in [6, 6.07) is 3.76. The van der Waals surface area contributed by atoms with Crippen molar-refractivity contribution in [2.45, 2.75) is 19.1 Å². The molecule has 2 heterocycles. The van der Waals surface area contributed by atoms with Gasteiger partial charge in [0.05, 0.1) is 18.4 Å². The lowest BCUT2D eigenvalue weighted by molar-refractivity contribution is -0.188. The maximum Gasteiger partial charge on any atom is 0.393 e. The Bertz CT molecular complexity index is 635. The van der Waals surface area contributed by atoms with Crippen LogP contribution in [0.2, 0.25) is 0 Å². The van der Waals surface area contributed by atoms with Gasteiger partial charge in [-0.1, -0.05) is 15.9 Å². The fourth-order valence-electron chi connectivity index (χ4n) is 3.30. The summed E-state index contributed by atoms with van der Waals surface area (Å²) in [5.41, 5.74) is 1.81. The van der Waals surface area contributed by atoms with E-state index in [0.717, 1.165) is 27.8 Å². The molecule has 0 spiro atoms. The number of benzene rings is 1. The van der Waals surface area contributed by atoms with Crippen molar-refractivity contribution in [3.8, 4) is 5.75 Å². The molecule has 0 aromatic heterocycles. The first kappa shape index (κ1) is 16.6. The van der Waals surface area contributed by atoms with Crippen molar-refractivity contribution in [2.24, 2.45) is 11.8 Å². The zero-order chi connectivity index (χ0) is 16.8. The number of carboxylic acids is 1. The second kappa shape index (κ2) is 5.98. The van der Waals surface area contributed by atoms with E-state index in [1.807, 2.05) is 12.1 Å². The first-order valence-electron chi connectivity index (χ1n) is 7.21. The molecule has 1 saturated heterocycles. The highest BCUT2D eigenvalue weighted by atomic mass is 79.9. The molecule has 2 aliphatic rings. The van der Waals surface area contributed by atoms with Crippen molar-refractivity contribution in [1.29, 1.82) is 0 Å². The molecule has 1 aromatic carbocycles. The van der Waals surface area contributed by atoms with E-state index in [9.17, 15) is 18.0 Å². The van der Waals surface area contributed by atoms with Gasteiger partial charge in [-0.15, -0.1) is 0 Å². The van der Waals surface area contributed by atoms with Gasteiger partial charge in [-0.05, 0) is 17.7 Å². The Labute approximate surface area is 139 Å². The van der Waals surface area contributed by atoms with E-state index in [0.29, 0.717) is 6.61 Å². The zero-order valence-corrected chi connectivity index (χ0v) is 13.7. The number of likely N-dealkylation sites (tertiary alicyclic amines) is 1. The van der Waals surface area contributed by atoms with Crippen LogP contribution in [-0.4, -0.2) is 41.8 Å². The molecular formula is C15H15BrF3NO3. The number of nitrogens with zero attached hydrogens (tertiary/aromatic N) is 1. The molecule has 126 valence electrons. The maximum absolute atomic E-state index is 13.0. The predicted octanol–water partition coefficient (Wildman–Crippen LogP) is 3.08. The van der Waals surface area contributed by atoms with Crippen LogP contribution in [0.25, 0.3) is 0 Å². The van der Waals surface area contributed by atoms with Crippen molar-refractivity contribution in [3.63, 3.8) is 0 Å². The van der Waals surface area contributed by atoms with Crippen LogP contribution in [-0.2, 0) is 17.8 Å². The first-order chi connectivity index (χ1) is 10.8. The summed E-state index contributed by atoms with van der Waals surface area (Å²) < 4.78 is 45.6. The van der Waals surface area contributed by atoms with Crippen LogP contribution in [0.4, 0.5) is 13.2 Å². The molecule has 2 atom stereocenters. The van der Waals surface area contributed by atoms with Gasteiger partial charge in [-0.3, -0.25) is 9.69 Å². The molecule has 2 aliphatic heterocycles. The van der Waals surface area contributed by atoms with Gasteiger partial charge < -0.3 is 9.84 Å². The van der Waals surface area contributed by atoms with Crippen LogP contribution in [0.5, 0.6) is 5.75 Å². The van der Waals surface area contributed by atoms with Gasteiger partial charge in [0, 0.05) is 36.1 Å². The van der Waals surface area contributed by atoms with Gasteiger partial charge in [0.2, 0.25) is 0 Å². The molecule has 0 aliphatic carbocycles. The first-order valence-corrected chi connectivity index (χ1v) is 8.01. The summed E-state index contributed by atoms with van der Waals surface area (Å²) in [5.74, 6) is -3.93. The highest BCUT2D eigenvalue weighted by molar-refractivity contribution is 9.10. The normalized spacial score (nSPS) is 24.5. The van der Waals surface area contributed by atoms with Gasteiger partial charge >= 0.3 is 12.1 Å². The van der Waals surface area contributed by atoms with E-state index >= 15 is 0 Å². The number of hydrogen-bond acceptors (Lipinski definition) is 3. The number of fused-ring (bicyclic) bond motifs is 1. The van der Waals surface area contributed by atoms with Gasteiger partial charge in [0.1, 0.15) is 5.75 Å². The largest absolute Gasteiger partial charge is 0.493 e. The van der Waals surface area contributed by atoms with E-state index in [2.05, 4.69) is 15.9 Å². The van der Waals surface area contributed by atoms with Crippen molar-refractivity contribution < 1.29 is 27.8 Å². The predicted molar refractivity (Wildman–Crippen MR) is 79.3 cm³/mol. The Hall–Kier alpha value is -1.28. The summed E-state index contributed by atoms with van der Waals surface area (Å²) in [4.78, 5) is 12.7. The Morgan fingerprint density at radius 2 is 2.13 bits per heavy atom. The van der Waals surface area contributed by atoms with Gasteiger partial charge in [0.25, 0.3) is 0 Å². The van der Waals surface area contributed by atoms with E-state index in [4.69, 9.17) is 9.84 Å². The van der Waals surface area contributed by atoms with Crippen molar-refractivity contribution >= 4 is 21.9 Å². The monoisotopic (exact) mass is 393 g/mol. The molecule has 3 rings (SSSR count). The molecule has 0 saturated carbocycles. The third-order valence-electron chi connectivity index (χ3n) is 4.35. The smallest absolute Gasteiger partial charge is 0.393 e. The van der Waals surface area contributed by atoms with Crippen molar-refractivity contribution in [2.75, 3.05) is 19.7 Å². The summed E-state index contributed by atoms with van der Waals surface area (Å²) in [5, 5.41) is 9.07. The molecule has 0 unspecified atom stereocenters. The molecule has 1 N–H and O–H groups in total. The van der Waals surface area contributed by atoms with Crippen LogP contribution < -0.4 is 4.74 Å². The third-order valence-corrected chi connectivity index (χ3v) is 4.81. The quantitative estimate of drug-likeness (QED) is 0.857. The number of carbonyl (C=O) groups is 1. The lowest BCUT2D eigenvalue weighted by atomic mass is 9.96. The average molecular weight is 394 g/mol. The van der Waals surface area contributed by atoms with Gasteiger partial charge in [-0.2, -0.15) is 13.2 Å². The average Bonchev–Trinajstić information content (AvgIpc) is 3.03. The van der Waals surface area contributed by atoms with Crippen LogP contribution in [0.1, 0.15) is 11.1 Å². The molecule has 0 radical (unpaired) electrons. The molecule has 23 heavy (non-hydrogen) atoms. The lowest BCUT2D eigenvalue weighted by Gasteiger charge is -2.19. The fraction of sp³-hybridized carbons (Fsp3) is 0.533. The SMILES string of the molecule is O=C(O)[C@@H]1CN(Cc2cc(Br)cc3c2OCC3)C[C@H]1C(F)(F)F. The zero-order valence-electron chi connectivity index (χ0n) is 12.1. The molecule has 8 heteroatoms. The van der Waals surface area contributed by atoms with Gasteiger partial charge in [0.15, 0.2) is 0 Å². The number of ether oxygens (including phenoxy) is 1. The Balaban J connectivity index is 1.81. The highest BCUT2D eigenvalue weighted by Crippen LogP contribution is 2.40. The number of hydrogen-bond donors (Lipinski definition) is 1. The molecule has 0 bridgehead atoms. The Morgan fingerprint density at radius 3 is 2.74 bits per heavy atom. The number of alkyl halides is 3. The Morgan fingerprint density at radius 1 is 1.39 bits per heavy atom. The van der Waals surface area contributed by atoms with Crippen LogP contribution in [0.15, 0.2) is 16.6 Å². The van der Waals surface area contributed by atoms with Gasteiger partial charge in [-0.25, -0.2) is 0 Å². The number of rotatable bonds is 3. The number of aliphatic carboxylic acids is 1. The maximum atomic E-state index is 13.0. The highest BCUT2D eigenvalue weighted by Gasteiger charge is 2.52. The second-order valence-corrected chi connectivity index (χ2v) is 6.85. The minimum atomic E-state index is -4.51. The minimum absolute atomic E-state index is 0.110. The molecular weight excluding hydrogens is 379 g/mol. The van der Waals surface area contributed by atoms with Crippen LogP contribution >= 0.6 is 15.9 Å². The standard InChI is InChI=1S/C15H15BrF3NO3/c16-10-3-8-1-2-23-13(8)9(4-10)5-20-6-11(14(21)22)12(7-20)15(17,18)19/h3-4,11-12H,1-2,5-7H2,(H,21,22)/t11-,12-/m1/s1. The fourth-order valence-corrected chi connectivity index (χ4v) is 3.85. The second-order valence-electron chi connectivity index (χ2n) is 5.94. The topological polar surface area (TPSA) is 49.8 Å². The summed E-state index contributed by atoms with van der Waals surface area (Å²) in [6.45, 7) is 0.391. The van der Waals surface area contributed by atoms with Crippen molar-refractivity contribution in [3.05, 3.63) is 27.7 Å². The van der Waals surface area contributed by atoms with E-state index < -0.39 is 24.0 Å². The number of halogens is 4. The summed E-state index contributed by atoms with van der Waals surface area (Å²) in [7, 11) is 0. The molecule has 1 fully saturated rings. The van der Waals surface area contributed by atoms with E-state index in [1.54, 1.807) is 4.90 Å². The van der Waals surface area contributed by atoms with Crippen LogP contribution in [0, 0.1) is 11.8 Å². The van der Waals surface area contributed by atoms with E-state index in [1.165, 1.54) is 0 Å². The van der Waals surface area contributed by atoms with Crippen molar-refractivity contribution in [1.82, 2.24) is 4.90 Å². The Kier molecular flexibility index (Phi) is 4.31. The summed E-state index contributed by atoms with van der Waals surface area (Å²) >= 11 is 3.40. The lowest BCUT2D eigenvalue weighted by Crippen LogP contribution is -2.33. The molecule has 4 nitrogen and oxygen atoms in total. The number of carboxylic acid groups (broad SMARTS) is 1. The molecule has 0 amide bonds. The third kappa shape index (κ3) is 3.33. The van der Waals surface area contributed by atoms with E-state index in [-0.39, 0.29) is 19.6 Å². The van der Waals surface area contributed by atoms with Crippen LogP contribution in [0.3, 0.4) is 0 Å².